The molecule has 7 heteroatoms. The first-order valence-corrected chi connectivity index (χ1v) is 11.1. The summed E-state index contributed by atoms with van der Waals surface area (Å²) in [5, 5.41) is 0. The van der Waals surface area contributed by atoms with Crippen LogP contribution in [0.25, 0.3) is 0 Å². The largest absolute Gasteiger partial charge is 0.424 e. The van der Waals surface area contributed by atoms with Gasteiger partial charge in [-0.05, 0) is 54.4 Å². The number of esters is 2. The molecule has 5 aliphatic rings. The van der Waals surface area contributed by atoms with Crippen molar-refractivity contribution in [3.05, 3.63) is 72.3 Å². The molecular formula is C26H21NO6. The van der Waals surface area contributed by atoms with Crippen LogP contribution in [-0.4, -0.2) is 35.2 Å². The Labute approximate surface area is 190 Å². The van der Waals surface area contributed by atoms with E-state index in [1.54, 1.807) is 42.5 Å². The molecule has 0 radical (unpaired) electrons. The summed E-state index contributed by atoms with van der Waals surface area (Å²) < 4.78 is 10.8. The smallest absolute Gasteiger partial charge is 0.347 e. The van der Waals surface area contributed by atoms with Crippen molar-refractivity contribution in [1.29, 1.82) is 0 Å². The number of carbonyl (C=O) groups is 4. The van der Waals surface area contributed by atoms with Gasteiger partial charge in [0.15, 0.2) is 0 Å². The van der Waals surface area contributed by atoms with Crippen LogP contribution < -0.4 is 9.47 Å². The highest BCUT2D eigenvalue weighted by molar-refractivity contribution is 6.08. The van der Waals surface area contributed by atoms with Crippen LogP contribution in [0, 0.1) is 35.5 Å². The molecule has 2 bridgehead atoms. The predicted molar refractivity (Wildman–Crippen MR) is 115 cm³/mol. The van der Waals surface area contributed by atoms with Crippen molar-refractivity contribution in [2.75, 3.05) is 6.54 Å². The molecule has 6 atom stereocenters. The van der Waals surface area contributed by atoms with E-state index in [1.807, 2.05) is 0 Å². The van der Waals surface area contributed by atoms with Crippen molar-refractivity contribution in [1.82, 2.24) is 4.90 Å². The molecule has 33 heavy (non-hydrogen) atoms. The highest BCUT2D eigenvalue weighted by Crippen LogP contribution is 2.65. The molecule has 0 spiro atoms. The number of nitrogens with zero attached hydrogens (tertiary/aromatic N) is 1. The van der Waals surface area contributed by atoms with Gasteiger partial charge in [0, 0.05) is 0 Å². The van der Waals surface area contributed by atoms with Crippen molar-refractivity contribution >= 4 is 23.8 Å². The molecule has 1 aliphatic heterocycles. The lowest BCUT2D eigenvalue weighted by Gasteiger charge is -2.37. The normalized spacial score (nSPS) is 30.6. The van der Waals surface area contributed by atoms with Gasteiger partial charge in [-0.25, -0.2) is 9.59 Å². The number of imide groups is 1. The fourth-order valence-corrected chi connectivity index (χ4v) is 5.83. The minimum absolute atomic E-state index is 0.0166. The van der Waals surface area contributed by atoms with Crippen LogP contribution in [0.1, 0.15) is 16.8 Å². The summed E-state index contributed by atoms with van der Waals surface area (Å²) in [4.78, 5) is 52.5. The van der Waals surface area contributed by atoms with Crippen molar-refractivity contribution in [2.24, 2.45) is 35.5 Å². The second kappa shape index (κ2) is 7.40. The van der Waals surface area contributed by atoms with Crippen molar-refractivity contribution in [2.45, 2.75) is 6.42 Å². The van der Waals surface area contributed by atoms with Gasteiger partial charge in [-0.1, -0.05) is 42.5 Å². The van der Waals surface area contributed by atoms with Gasteiger partial charge in [-0.15, -0.1) is 0 Å². The Balaban J connectivity index is 1.16. The zero-order valence-corrected chi connectivity index (χ0v) is 17.6. The van der Waals surface area contributed by atoms with E-state index in [9.17, 15) is 19.2 Å². The lowest BCUT2D eigenvalue weighted by atomic mass is 9.63. The Morgan fingerprint density at radius 3 is 2.09 bits per heavy atom. The summed E-state index contributed by atoms with van der Waals surface area (Å²) in [7, 11) is 0. The first-order valence-electron chi connectivity index (χ1n) is 11.1. The highest BCUT2D eigenvalue weighted by atomic mass is 16.6. The van der Waals surface area contributed by atoms with Gasteiger partial charge in [0.05, 0.1) is 11.8 Å². The molecular weight excluding hydrogens is 422 g/mol. The third-order valence-electron chi connectivity index (χ3n) is 7.33. The third-order valence-corrected chi connectivity index (χ3v) is 7.33. The van der Waals surface area contributed by atoms with Crippen LogP contribution in [0.15, 0.2) is 66.7 Å². The lowest BCUT2D eigenvalue weighted by molar-refractivity contribution is -0.148. The SMILES string of the molecule is O=C(CN1C(=O)[C@H]2[C@@H]3C=C[C@H]([C@H]4C[C@H]34)[C@@H]2C1=O)Oc1ccccc1C(=O)Oc1ccccc1. The van der Waals surface area contributed by atoms with Gasteiger partial charge in [0.1, 0.15) is 23.6 Å². The molecule has 0 aromatic heterocycles. The molecule has 2 aromatic rings. The van der Waals surface area contributed by atoms with Crippen LogP contribution in [0.3, 0.4) is 0 Å². The summed E-state index contributed by atoms with van der Waals surface area (Å²) >= 11 is 0. The van der Waals surface area contributed by atoms with Gasteiger partial charge in [0.25, 0.3) is 0 Å². The van der Waals surface area contributed by atoms with E-state index in [4.69, 9.17) is 9.47 Å². The Hall–Kier alpha value is -3.74. The maximum atomic E-state index is 13.1. The van der Waals surface area contributed by atoms with Crippen molar-refractivity contribution in [3.63, 3.8) is 0 Å². The molecule has 1 heterocycles. The van der Waals surface area contributed by atoms with Crippen LogP contribution in [-0.2, 0) is 14.4 Å². The number of benzene rings is 2. The predicted octanol–water partition coefficient (Wildman–Crippen LogP) is 2.86. The Bertz CT molecular complexity index is 1170. The first-order chi connectivity index (χ1) is 16.0. The van der Waals surface area contributed by atoms with Crippen LogP contribution in [0.5, 0.6) is 11.5 Å². The average Bonchev–Trinajstić information content (AvgIpc) is 3.61. The van der Waals surface area contributed by atoms with E-state index in [0.717, 1.165) is 11.3 Å². The van der Waals surface area contributed by atoms with Crippen molar-refractivity contribution < 1.29 is 28.7 Å². The molecule has 3 fully saturated rings. The van der Waals surface area contributed by atoms with Crippen LogP contribution >= 0.6 is 0 Å². The van der Waals surface area contributed by atoms with E-state index in [1.165, 1.54) is 12.1 Å². The molecule has 2 amide bonds. The first kappa shape index (κ1) is 19.9. The quantitative estimate of drug-likeness (QED) is 0.306. The average molecular weight is 443 g/mol. The van der Waals surface area contributed by atoms with E-state index >= 15 is 0 Å². The number of allylic oxidation sites excluding steroid dienone is 2. The molecule has 0 N–H and O–H groups in total. The van der Waals surface area contributed by atoms with Gasteiger partial charge in [-0.2, -0.15) is 0 Å². The fourth-order valence-electron chi connectivity index (χ4n) is 5.83. The number of hydrogen-bond donors (Lipinski definition) is 0. The molecule has 7 rings (SSSR count). The lowest BCUT2D eigenvalue weighted by Crippen LogP contribution is -2.40. The number of amides is 2. The number of rotatable bonds is 5. The minimum Gasteiger partial charge on any atom is -0.424 e. The number of para-hydroxylation sites is 2. The summed E-state index contributed by atoms with van der Waals surface area (Å²) in [6.07, 6.45) is 5.25. The Morgan fingerprint density at radius 1 is 0.818 bits per heavy atom. The molecule has 7 nitrogen and oxygen atoms in total. The summed E-state index contributed by atoms with van der Waals surface area (Å²) in [5.74, 6) is -1.21. The van der Waals surface area contributed by atoms with E-state index < -0.39 is 18.5 Å². The molecule has 1 saturated heterocycles. The molecule has 2 aromatic carbocycles. The Kier molecular flexibility index (Phi) is 4.47. The van der Waals surface area contributed by atoms with E-state index in [2.05, 4.69) is 12.2 Å². The second-order valence-corrected chi connectivity index (χ2v) is 9.09. The van der Waals surface area contributed by atoms with Gasteiger partial charge in [0.2, 0.25) is 11.8 Å². The summed E-state index contributed by atoms with van der Waals surface area (Å²) in [6.45, 7) is -0.471. The van der Waals surface area contributed by atoms with E-state index in [-0.39, 0.29) is 46.8 Å². The third kappa shape index (κ3) is 3.18. The molecule has 2 saturated carbocycles. The number of hydrogen-bond acceptors (Lipinski definition) is 6. The zero-order chi connectivity index (χ0) is 22.7. The molecule has 0 unspecified atom stereocenters. The zero-order valence-electron chi connectivity index (χ0n) is 17.6. The number of carbonyl (C=O) groups excluding carboxylic acids is 4. The minimum atomic E-state index is -0.777. The summed E-state index contributed by atoms with van der Waals surface area (Å²) in [6, 6.07) is 14.8. The van der Waals surface area contributed by atoms with Crippen LogP contribution in [0.4, 0.5) is 0 Å². The molecule has 166 valence electrons. The van der Waals surface area contributed by atoms with Gasteiger partial charge < -0.3 is 9.47 Å². The Morgan fingerprint density at radius 2 is 1.42 bits per heavy atom. The maximum absolute atomic E-state index is 13.1. The summed E-state index contributed by atoms with van der Waals surface area (Å²) in [5.41, 5.74) is 0.0739. The monoisotopic (exact) mass is 443 g/mol. The number of likely N-dealkylation sites (tertiary alicyclic amines) is 1. The second-order valence-electron chi connectivity index (χ2n) is 9.09. The fraction of sp³-hybridized carbons (Fsp3) is 0.308. The van der Waals surface area contributed by atoms with Gasteiger partial charge in [-0.3, -0.25) is 14.5 Å². The van der Waals surface area contributed by atoms with Crippen LogP contribution in [0.2, 0.25) is 0 Å². The highest BCUT2D eigenvalue weighted by Gasteiger charge is 2.67. The number of ether oxygens (including phenoxy) is 2. The maximum Gasteiger partial charge on any atom is 0.347 e. The molecule has 4 aliphatic carbocycles. The van der Waals surface area contributed by atoms with E-state index in [0.29, 0.717) is 17.6 Å². The van der Waals surface area contributed by atoms with Gasteiger partial charge >= 0.3 is 11.9 Å². The topological polar surface area (TPSA) is 90.0 Å². The van der Waals surface area contributed by atoms with Crippen molar-refractivity contribution in [3.8, 4) is 11.5 Å². The standard InChI is InChI=1S/C26H21NO6/c28-21(33-20-9-5-4-8-17(20)26(31)32-14-6-2-1-3-7-14)13-27-24(29)22-15-10-11-16(19-12-18(15)19)23(22)25(27)30/h1-11,15-16,18-19,22-23H,12-13H2/t15-,16-,18-,19-,22+,23+/m1/s1.